The zero-order chi connectivity index (χ0) is 22.1. The van der Waals surface area contributed by atoms with Gasteiger partial charge < -0.3 is 18.9 Å². The van der Waals surface area contributed by atoms with Gasteiger partial charge in [-0.15, -0.1) is 0 Å². The van der Waals surface area contributed by atoms with Gasteiger partial charge in [0, 0.05) is 18.4 Å². The molecule has 0 saturated heterocycles. The Labute approximate surface area is 182 Å². The van der Waals surface area contributed by atoms with Crippen LogP contribution in [-0.4, -0.2) is 45.0 Å². The van der Waals surface area contributed by atoms with Crippen LogP contribution in [0.2, 0.25) is 0 Å². The van der Waals surface area contributed by atoms with Gasteiger partial charge in [0.15, 0.2) is 18.1 Å². The number of hydrogen-bond acceptors (Lipinski definition) is 8. The Hall–Kier alpha value is -3.16. The van der Waals surface area contributed by atoms with Crippen molar-refractivity contribution in [3.8, 4) is 23.4 Å². The summed E-state index contributed by atoms with van der Waals surface area (Å²) < 4.78 is 21.7. The molecule has 30 heavy (non-hydrogen) atoms. The van der Waals surface area contributed by atoms with Crippen LogP contribution >= 0.6 is 15.9 Å². The largest absolute Gasteiger partial charge is 0.493 e. The standard InChI is InChI=1S/C20H21BrN4O5/c1-12-5-14(10-27-2)15(8-22)20(24-12)30-11-18(26)25-23-9-13-6-16(21)19(29-4)17(7-13)28-3/h5-7,9H,10-11H2,1-4H3,(H,25,26)/b23-9-. The smallest absolute Gasteiger partial charge is 0.278 e. The molecule has 0 aliphatic carbocycles. The predicted molar refractivity (Wildman–Crippen MR) is 113 cm³/mol. The fourth-order valence-corrected chi connectivity index (χ4v) is 3.18. The molecule has 9 nitrogen and oxygen atoms in total. The molecule has 1 aromatic carbocycles. The van der Waals surface area contributed by atoms with Gasteiger partial charge in [-0.2, -0.15) is 10.4 Å². The lowest BCUT2D eigenvalue weighted by Crippen LogP contribution is -2.25. The van der Waals surface area contributed by atoms with Crippen LogP contribution in [0.15, 0.2) is 27.8 Å². The SMILES string of the molecule is COCc1cc(C)nc(OCC(=O)N/N=C\c2cc(Br)c(OC)c(OC)c2)c1C#N. The molecule has 2 aromatic rings. The molecule has 0 atom stereocenters. The number of amides is 1. The van der Waals surface area contributed by atoms with E-state index in [0.29, 0.717) is 32.8 Å². The number of nitriles is 1. The number of nitrogens with zero attached hydrogens (tertiary/aromatic N) is 3. The minimum Gasteiger partial charge on any atom is -0.493 e. The minimum atomic E-state index is -0.508. The highest BCUT2D eigenvalue weighted by Gasteiger charge is 2.14. The molecule has 1 amide bonds. The summed E-state index contributed by atoms with van der Waals surface area (Å²) in [6.07, 6.45) is 1.45. The van der Waals surface area contributed by atoms with Crippen molar-refractivity contribution in [2.75, 3.05) is 27.9 Å². The Kier molecular flexibility index (Phi) is 8.58. The summed E-state index contributed by atoms with van der Waals surface area (Å²) in [4.78, 5) is 16.2. The first-order valence-corrected chi connectivity index (χ1v) is 9.48. The topological polar surface area (TPSA) is 115 Å². The van der Waals surface area contributed by atoms with Crippen LogP contribution in [0.1, 0.15) is 22.4 Å². The maximum atomic E-state index is 12.1. The first-order valence-electron chi connectivity index (χ1n) is 8.69. The number of methoxy groups -OCH3 is 3. The summed E-state index contributed by atoms with van der Waals surface area (Å²) in [6.45, 7) is 1.64. The average molecular weight is 477 g/mol. The number of carbonyl (C=O) groups is 1. The molecule has 0 fully saturated rings. The van der Waals surface area contributed by atoms with Gasteiger partial charge in [-0.25, -0.2) is 10.4 Å². The molecular formula is C20H21BrN4O5. The van der Waals surface area contributed by atoms with Crippen molar-refractivity contribution in [3.63, 3.8) is 0 Å². The van der Waals surface area contributed by atoms with Crippen molar-refractivity contribution in [2.45, 2.75) is 13.5 Å². The lowest BCUT2D eigenvalue weighted by Gasteiger charge is -2.11. The molecule has 0 unspecified atom stereocenters. The lowest BCUT2D eigenvalue weighted by atomic mass is 10.1. The van der Waals surface area contributed by atoms with E-state index in [2.05, 4.69) is 31.4 Å². The van der Waals surface area contributed by atoms with Gasteiger partial charge in [-0.05, 0) is 46.6 Å². The number of halogens is 1. The normalized spacial score (nSPS) is 10.5. The van der Waals surface area contributed by atoms with Crippen LogP contribution in [0.3, 0.4) is 0 Å². The van der Waals surface area contributed by atoms with Crippen LogP contribution in [0.5, 0.6) is 17.4 Å². The Balaban J connectivity index is 2.03. The van der Waals surface area contributed by atoms with E-state index in [1.807, 2.05) is 6.07 Å². The first-order chi connectivity index (χ1) is 14.4. The zero-order valence-corrected chi connectivity index (χ0v) is 18.6. The maximum absolute atomic E-state index is 12.1. The molecule has 0 aliphatic rings. The van der Waals surface area contributed by atoms with Gasteiger partial charge in [-0.1, -0.05) is 0 Å². The molecule has 158 valence electrons. The third-order valence-electron chi connectivity index (χ3n) is 3.81. The average Bonchev–Trinajstić information content (AvgIpc) is 2.71. The molecule has 0 spiro atoms. The molecule has 10 heteroatoms. The molecule has 2 rings (SSSR count). The van der Waals surface area contributed by atoms with E-state index in [9.17, 15) is 10.1 Å². The van der Waals surface area contributed by atoms with E-state index >= 15 is 0 Å². The van der Waals surface area contributed by atoms with E-state index in [1.165, 1.54) is 27.5 Å². The van der Waals surface area contributed by atoms with Crippen molar-refractivity contribution in [1.29, 1.82) is 5.26 Å². The number of pyridine rings is 1. The van der Waals surface area contributed by atoms with Crippen molar-refractivity contribution in [2.24, 2.45) is 5.10 Å². The third-order valence-corrected chi connectivity index (χ3v) is 4.40. The highest BCUT2D eigenvalue weighted by atomic mass is 79.9. The number of aromatic nitrogens is 1. The first kappa shape index (κ1) is 23.1. The zero-order valence-electron chi connectivity index (χ0n) is 17.0. The molecule has 1 aromatic heterocycles. The fraction of sp³-hybridized carbons (Fsp3) is 0.300. The van der Waals surface area contributed by atoms with Crippen molar-refractivity contribution in [3.05, 3.63) is 45.1 Å². The molecule has 1 heterocycles. The van der Waals surface area contributed by atoms with Gasteiger partial charge in [0.1, 0.15) is 11.6 Å². The van der Waals surface area contributed by atoms with Crippen LogP contribution in [0, 0.1) is 18.3 Å². The molecule has 0 radical (unpaired) electrons. The number of aryl methyl sites for hydroxylation is 1. The third kappa shape index (κ3) is 5.92. The number of benzene rings is 1. The van der Waals surface area contributed by atoms with Gasteiger partial charge in [0.2, 0.25) is 5.88 Å². The second-order valence-corrected chi connectivity index (χ2v) is 6.82. The van der Waals surface area contributed by atoms with E-state index in [4.69, 9.17) is 18.9 Å². The summed E-state index contributed by atoms with van der Waals surface area (Å²) >= 11 is 3.39. The summed E-state index contributed by atoms with van der Waals surface area (Å²) in [5, 5.41) is 13.3. The fourth-order valence-electron chi connectivity index (χ4n) is 2.56. The monoisotopic (exact) mass is 476 g/mol. The Morgan fingerprint density at radius 2 is 2.07 bits per heavy atom. The van der Waals surface area contributed by atoms with Crippen molar-refractivity contribution in [1.82, 2.24) is 10.4 Å². The number of carbonyl (C=O) groups excluding carboxylic acids is 1. The quantitative estimate of drug-likeness (QED) is 0.436. The van der Waals surface area contributed by atoms with Gasteiger partial charge in [-0.3, -0.25) is 4.79 Å². The van der Waals surface area contributed by atoms with Crippen LogP contribution < -0.4 is 19.6 Å². The molecule has 0 saturated carbocycles. The second kappa shape index (κ2) is 11.1. The molecule has 1 N–H and O–H groups in total. The Morgan fingerprint density at radius 3 is 2.70 bits per heavy atom. The highest BCUT2D eigenvalue weighted by Crippen LogP contribution is 2.35. The van der Waals surface area contributed by atoms with Crippen molar-refractivity contribution < 1.29 is 23.7 Å². The number of nitrogens with one attached hydrogen (secondary N) is 1. The molecule has 0 bridgehead atoms. The lowest BCUT2D eigenvalue weighted by molar-refractivity contribution is -0.123. The van der Waals surface area contributed by atoms with Crippen LogP contribution in [-0.2, 0) is 16.1 Å². The van der Waals surface area contributed by atoms with Crippen LogP contribution in [0.25, 0.3) is 0 Å². The Morgan fingerprint density at radius 1 is 1.30 bits per heavy atom. The van der Waals surface area contributed by atoms with E-state index in [0.717, 1.165) is 0 Å². The number of hydrazone groups is 1. The van der Waals surface area contributed by atoms with E-state index < -0.39 is 5.91 Å². The highest BCUT2D eigenvalue weighted by molar-refractivity contribution is 9.10. The number of rotatable bonds is 9. The number of hydrogen-bond donors (Lipinski definition) is 1. The molecular weight excluding hydrogens is 456 g/mol. The van der Waals surface area contributed by atoms with Crippen LogP contribution in [0.4, 0.5) is 0 Å². The van der Waals surface area contributed by atoms with Gasteiger partial charge in [0.25, 0.3) is 5.91 Å². The Bertz CT molecular complexity index is 988. The minimum absolute atomic E-state index is 0.0764. The van der Waals surface area contributed by atoms with E-state index in [-0.39, 0.29) is 24.7 Å². The van der Waals surface area contributed by atoms with Crippen molar-refractivity contribution >= 4 is 28.1 Å². The predicted octanol–water partition coefficient (Wildman–Crippen LogP) is 2.72. The summed E-state index contributed by atoms with van der Waals surface area (Å²) in [7, 11) is 4.59. The maximum Gasteiger partial charge on any atom is 0.278 e. The van der Waals surface area contributed by atoms with E-state index in [1.54, 1.807) is 25.1 Å². The second-order valence-electron chi connectivity index (χ2n) is 5.97. The molecule has 0 aliphatic heterocycles. The van der Waals surface area contributed by atoms with Gasteiger partial charge in [0.05, 0.1) is 31.5 Å². The summed E-state index contributed by atoms with van der Waals surface area (Å²) in [6, 6.07) is 7.25. The summed E-state index contributed by atoms with van der Waals surface area (Å²) in [5.74, 6) is 0.641. The number of ether oxygens (including phenoxy) is 4. The summed E-state index contributed by atoms with van der Waals surface area (Å²) in [5.41, 5.74) is 4.56. The van der Waals surface area contributed by atoms with Gasteiger partial charge >= 0.3 is 0 Å².